The summed E-state index contributed by atoms with van der Waals surface area (Å²) in [6, 6.07) is 5.45. The number of hydrogen-bond acceptors (Lipinski definition) is 4. The Balaban J connectivity index is 2.17. The molecule has 5 heteroatoms. The molecule has 2 rings (SSSR count). The molecule has 1 aromatic rings. The first-order valence-electron chi connectivity index (χ1n) is 6.93. The van der Waals surface area contributed by atoms with Crippen LogP contribution in [0.3, 0.4) is 0 Å². The Kier molecular flexibility index (Phi) is 4.84. The number of methoxy groups -OCH3 is 2. The molecular formula is C15H22N2O3. The molecule has 0 heterocycles. The third kappa shape index (κ3) is 2.88. The van der Waals surface area contributed by atoms with Crippen molar-refractivity contribution in [3.63, 3.8) is 0 Å². The number of carbonyl (C=O) groups is 1. The lowest BCUT2D eigenvalue weighted by molar-refractivity contribution is 0.0925. The van der Waals surface area contributed by atoms with E-state index in [1.54, 1.807) is 25.3 Å². The van der Waals surface area contributed by atoms with Gasteiger partial charge in [-0.05, 0) is 37.4 Å². The maximum Gasteiger partial charge on any atom is 0.255 e. The summed E-state index contributed by atoms with van der Waals surface area (Å²) >= 11 is 0. The number of amides is 1. The molecule has 0 aliphatic heterocycles. The fourth-order valence-electron chi connectivity index (χ4n) is 2.82. The summed E-state index contributed by atoms with van der Waals surface area (Å²) in [7, 11) is 3.09. The van der Waals surface area contributed by atoms with Crippen molar-refractivity contribution >= 4 is 5.91 Å². The summed E-state index contributed by atoms with van der Waals surface area (Å²) in [5.41, 5.74) is 6.24. The molecule has 5 nitrogen and oxygen atoms in total. The third-order valence-corrected chi connectivity index (χ3v) is 3.93. The first-order chi connectivity index (χ1) is 9.71. The summed E-state index contributed by atoms with van der Waals surface area (Å²) in [6.45, 7) is 0.611. The van der Waals surface area contributed by atoms with Crippen molar-refractivity contribution in [1.29, 1.82) is 0 Å². The van der Waals surface area contributed by atoms with Crippen LogP contribution in [0.5, 0.6) is 11.5 Å². The zero-order valence-electron chi connectivity index (χ0n) is 12.0. The number of nitrogens with one attached hydrogen (secondary N) is 1. The van der Waals surface area contributed by atoms with Gasteiger partial charge >= 0.3 is 0 Å². The van der Waals surface area contributed by atoms with Crippen LogP contribution in [-0.2, 0) is 0 Å². The average molecular weight is 278 g/mol. The molecule has 1 aliphatic rings. The minimum absolute atomic E-state index is 0.133. The van der Waals surface area contributed by atoms with E-state index in [4.69, 9.17) is 15.2 Å². The van der Waals surface area contributed by atoms with E-state index < -0.39 is 0 Å². The predicted molar refractivity (Wildman–Crippen MR) is 77.2 cm³/mol. The lowest BCUT2D eigenvalue weighted by atomic mass is 10.0. The highest BCUT2D eigenvalue weighted by Crippen LogP contribution is 2.31. The van der Waals surface area contributed by atoms with Crippen molar-refractivity contribution < 1.29 is 14.3 Å². The number of hydrogen-bond donors (Lipinski definition) is 2. The fourth-order valence-corrected chi connectivity index (χ4v) is 2.82. The molecule has 0 radical (unpaired) electrons. The summed E-state index contributed by atoms with van der Waals surface area (Å²) in [6.07, 6.45) is 3.18. The minimum atomic E-state index is -0.133. The number of ether oxygens (including phenoxy) is 2. The Labute approximate surface area is 119 Å². The van der Waals surface area contributed by atoms with Crippen molar-refractivity contribution in [1.82, 2.24) is 5.32 Å². The highest BCUT2D eigenvalue weighted by Gasteiger charge is 2.28. The normalized spacial score (nSPS) is 21.6. The molecule has 0 aromatic heterocycles. The van der Waals surface area contributed by atoms with Gasteiger partial charge in [-0.3, -0.25) is 4.79 Å². The molecular weight excluding hydrogens is 256 g/mol. The Morgan fingerprint density at radius 1 is 1.35 bits per heavy atom. The molecule has 20 heavy (non-hydrogen) atoms. The molecule has 2 atom stereocenters. The van der Waals surface area contributed by atoms with Crippen LogP contribution >= 0.6 is 0 Å². The second-order valence-electron chi connectivity index (χ2n) is 5.05. The molecule has 3 N–H and O–H groups in total. The van der Waals surface area contributed by atoms with Gasteiger partial charge in [0.25, 0.3) is 5.91 Å². The van der Waals surface area contributed by atoms with Gasteiger partial charge in [0.15, 0.2) is 11.5 Å². The monoisotopic (exact) mass is 278 g/mol. The molecule has 1 saturated carbocycles. The second-order valence-corrected chi connectivity index (χ2v) is 5.05. The maximum atomic E-state index is 12.4. The Morgan fingerprint density at radius 3 is 2.80 bits per heavy atom. The van der Waals surface area contributed by atoms with Crippen molar-refractivity contribution in [3.05, 3.63) is 23.8 Å². The number of para-hydroxylation sites is 1. The standard InChI is InChI=1S/C15H22N2O3/c1-19-13-8-4-6-11(14(13)20-2)15(18)17-12-7-3-5-10(12)9-16/h4,6,8,10,12H,3,5,7,9,16H2,1-2H3,(H,17,18). The Morgan fingerprint density at radius 2 is 2.15 bits per heavy atom. The van der Waals surface area contributed by atoms with Gasteiger partial charge in [0, 0.05) is 6.04 Å². The highest BCUT2D eigenvalue weighted by atomic mass is 16.5. The lowest BCUT2D eigenvalue weighted by Crippen LogP contribution is -2.40. The summed E-state index contributed by atoms with van der Waals surface area (Å²) in [4.78, 5) is 12.4. The van der Waals surface area contributed by atoms with Gasteiger partial charge in [-0.1, -0.05) is 12.5 Å². The number of nitrogens with two attached hydrogens (primary N) is 1. The quantitative estimate of drug-likeness (QED) is 0.857. The van der Waals surface area contributed by atoms with Crippen LogP contribution < -0.4 is 20.5 Å². The van der Waals surface area contributed by atoms with E-state index in [0.717, 1.165) is 19.3 Å². The topological polar surface area (TPSA) is 73.6 Å². The van der Waals surface area contributed by atoms with E-state index in [0.29, 0.717) is 29.5 Å². The maximum absolute atomic E-state index is 12.4. The Bertz CT molecular complexity index is 476. The van der Waals surface area contributed by atoms with Crippen LogP contribution in [0.2, 0.25) is 0 Å². The number of benzene rings is 1. The van der Waals surface area contributed by atoms with Crippen molar-refractivity contribution in [2.45, 2.75) is 25.3 Å². The van der Waals surface area contributed by atoms with E-state index in [-0.39, 0.29) is 11.9 Å². The molecule has 1 amide bonds. The highest BCUT2D eigenvalue weighted by molar-refractivity contribution is 5.98. The van der Waals surface area contributed by atoms with Crippen LogP contribution in [0.15, 0.2) is 18.2 Å². The molecule has 0 bridgehead atoms. The van der Waals surface area contributed by atoms with Crippen LogP contribution in [0.4, 0.5) is 0 Å². The van der Waals surface area contributed by atoms with Gasteiger partial charge in [0.05, 0.1) is 19.8 Å². The SMILES string of the molecule is COc1cccc(C(=O)NC2CCCC2CN)c1OC. The van der Waals surface area contributed by atoms with Crippen molar-refractivity contribution in [2.24, 2.45) is 11.7 Å². The minimum Gasteiger partial charge on any atom is -0.493 e. The average Bonchev–Trinajstić information content (AvgIpc) is 2.93. The van der Waals surface area contributed by atoms with Crippen LogP contribution in [0.1, 0.15) is 29.6 Å². The fraction of sp³-hybridized carbons (Fsp3) is 0.533. The van der Waals surface area contributed by atoms with Gasteiger partial charge < -0.3 is 20.5 Å². The zero-order valence-corrected chi connectivity index (χ0v) is 12.0. The van der Waals surface area contributed by atoms with E-state index in [9.17, 15) is 4.79 Å². The van der Waals surface area contributed by atoms with Gasteiger partial charge in [-0.15, -0.1) is 0 Å². The summed E-state index contributed by atoms with van der Waals surface area (Å²) in [5.74, 6) is 1.26. The van der Waals surface area contributed by atoms with Gasteiger partial charge in [-0.2, -0.15) is 0 Å². The van der Waals surface area contributed by atoms with E-state index >= 15 is 0 Å². The Hall–Kier alpha value is -1.75. The summed E-state index contributed by atoms with van der Waals surface area (Å²) < 4.78 is 10.5. The molecule has 0 spiro atoms. The number of carbonyl (C=O) groups excluding carboxylic acids is 1. The van der Waals surface area contributed by atoms with E-state index in [1.807, 2.05) is 0 Å². The van der Waals surface area contributed by atoms with E-state index in [1.165, 1.54) is 7.11 Å². The molecule has 2 unspecified atom stereocenters. The van der Waals surface area contributed by atoms with Crippen molar-refractivity contribution in [3.8, 4) is 11.5 Å². The van der Waals surface area contributed by atoms with Crippen LogP contribution in [0.25, 0.3) is 0 Å². The molecule has 0 saturated heterocycles. The zero-order chi connectivity index (χ0) is 14.5. The van der Waals surface area contributed by atoms with Gasteiger partial charge in [-0.25, -0.2) is 0 Å². The summed E-state index contributed by atoms with van der Waals surface area (Å²) in [5, 5.41) is 3.07. The van der Waals surface area contributed by atoms with Crippen LogP contribution in [-0.4, -0.2) is 32.7 Å². The van der Waals surface area contributed by atoms with Gasteiger partial charge in [0.2, 0.25) is 0 Å². The van der Waals surface area contributed by atoms with Crippen LogP contribution in [0, 0.1) is 5.92 Å². The number of rotatable bonds is 5. The largest absolute Gasteiger partial charge is 0.493 e. The van der Waals surface area contributed by atoms with Crippen molar-refractivity contribution in [2.75, 3.05) is 20.8 Å². The van der Waals surface area contributed by atoms with E-state index in [2.05, 4.69) is 5.32 Å². The van der Waals surface area contributed by atoms with Gasteiger partial charge in [0.1, 0.15) is 0 Å². The second kappa shape index (κ2) is 6.61. The third-order valence-electron chi connectivity index (χ3n) is 3.93. The molecule has 110 valence electrons. The molecule has 1 aromatic carbocycles. The molecule has 1 fully saturated rings. The smallest absolute Gasteiger partial charge is 0.255 e. The predicted octanol–water partition coefficient (Wildman–Crippen LogP) is 1.56. The first kappa shape index (κ1) is 14.7. The molecule has 1 aliphatic carbocycles. The lowest BCUT2D eigenvalue weighted by Gasteiger charge is -2.20. The first-order valence-corrected chi connectivity index (χ1v) is 6.93.